The van der Waals surface area contributed by atoms with Gasteiger partial charge < -0.3 is 5.32 Å². The highest BCUT2D eigenvalue weighted by Gasteiger charge is 2.30. The average Bonchev–Trinajstić information content (AvgIpc) is 3.07. The number of Topliss-reactive ketones (excluding diaryl/α,β-unsaturated/α-hetero) is 1. The molecule has 0 amide bonds. The summed E-state index contributed by atoms with van der Waals surface area (Å²) < 4.78 is 1.77. The Morgan fingerprint density at radius 2 is 2.05 bits per heavy atom. The van der Waals surface area contributed by atoms with Crippen LogP contribution >= 0.6 is 0 Å². The number of nitrogens with one attached hydrogen (secondary N) is 1. The van der Waals surface area contributed by atoms with Crippen molar-refractivity contribution in [3.05, 3.63) is 48.3 Å². The summed E-state index contributed by atoms with van der Waals surface area (Å²) in [6, 6.07) is 9.58. The van der Waals surface area contributed by atoms with Crippen molar-refractivity contribution < 1.29 is 4.79 Å². The van der Waals surface area contributed by atoms with E-state index in [2.05, 4.69) is 15.6 Å². The molecule has 1 atom stereocenters. The van der Waals surface area contributed by atoms with Crippen molar-refractivity contribution in [1.29, 1.82) is 0 Å². The van der Waals surface area contributed by atoms with Crippen molar-refractivity contribution in [3.8, 4) is 0 Å². The maximum absolute atomic E-state index is 12.9. The fourth-order valence-corrected chi connectivity index (χ4v) is 3.04. The molecule has 0 spiro atoms. The van der Waals surface area contributed by atoms with Gasteiger partial charge in [0.05, 0.1) is 12.7 Å². The number of ketones is 1. The molecule has 1 aliphatic rings. The third-order valence-electron chi connectivity index (χ3n) is 4.20. The molecule has 0 bridgehead atoms. The van der Waals surface area contributed by atoms with Crippen molar-refractivity contribution >= 4 is 5.78 Å². The Balaban J connectivity index is 1.82. The number of aromatic nitrogens is 3. The molecule has 110 valence electrons. The predicted octanol–water partition coefficient (Wildman–Crippen LogP) is 1.78. The van der Waals surface area contributed by atoms with Crippen LogP contribution in [0.5, 0.6) is 0 Å². The van der Waals surface area contributed by atoms with Gasteiger partial charge in [0.1, 0.15) is 0 Å². The number of benzene rings is 1. The van der Waals surface area contributed by atoms with Gasteiger partial charge in [-0.3, -0.25) is 9.48 Å². The highest BCUT2D eigenvalue weighted by Crippen LogP contribution is 2.26. The van der Waals surface area contributed by atoms with Gasteiger partial charge in [-0.25, -0.2) is 0 Å². The minimum absolute atomic E-state index is 0.0313. The molecule has 3 rings (SSSR count). The number of carbonyl (C=O) groups is 1. The van der Waals surface area contributed by atoms with Crippen LogP contribution in [-0.4, -0.2) is 33.9 Å². The van der Waals surface area contributed by atoms with E-state index in [0.29, 0.717) is 12.5 Å². The molecule has 0 radical (unpaired) electrons. The van der Waals surface area contributed by atoms with Gasteiger partial charge >= 0.3 is 0 Å². The van der Waals surface area contributed by atoms with Gasteiger partial charge in [0.2, 0.25) is 0 Å². The molecule has 1 saturated heterocycles. The third kappa shape index (κ3) is 3.36. The number of nitrogens with zero attached hydrogens (tertiary/aromatic N) is 3. The fraction of sp³-hybridized carbons (Fsp3) is 0.438. The molecule has 5 heteroatoms. The molecule has 5 nitrogen and oxygen atoms in total. The van der Waals surface area contributed by atoms with E-state index in [0.717, 1.165) is 31.5 Å². The summed E-state index contributed by atoms with van der Waals surface area (Å²) in [4.78, 5) is 12.9. The molecule has 1 aromatic heterocycles. The lowest BCUT2D eigenvalue weighted by Gasteiger charge is -2.29. The summed E-state index contributed by atoms with van der Waals surface area (Å²) >= 11 is 0. The number of piperidine rings is 1. The number of carbonyl (C=O) groups excluding carboxylic acids is 1. The SMILES string of the molecule is O=C(c1ccccc1)C(Cn1ccnn1)C1CCNCC1. The molecular formula is C16H20N4O. The number of hydrogen-bond acceptors (Lipinski definition) is 4. The topological polar surface area (TPSA) is 59.8 Å². The fourth-order valence-electron chi connectivity index (χ4n) is 3.04. The second-order valence-corrected chi connectivity index (χ2v) is 5.55. The van der Waals surface area contributed by atoms with E-state index in [-0.39, 0.29) is 11.7 Å². The van der Waals surface area contributed by atoms with Crippen LogP contribution in [0.15, 0.2) is 42.7 Å². The Hall–Kier alpha value is -2.01. The van der Waals surface area contributed by atoms with Crippen LogP contribution in [0, 0.1) is 11.8 Å². The molecule has 0 saturated carbocycles. The highest BCUT2D eigenvalue weighted by molar-refractivity contribution is 5.97. The predicted molar refractivity (Wildman–Crippen MR) is 79.9 cm³/mol. The van der Waals surface area contributed by atoms with Gasteiger partial charge in [-0.05, 0) is 31.8 Å². The molecule has 2 heterocycles. The van der Waals surface area contributed by atoms with Crippen molar-refractivity contribution in [3.63, 3.8) is 0 Å². The van der Waals surface area contributed by atoms with Gasteiger partial charge in [0.15, 0.2) is 5.78 Å². The Morgan fingerprint density at radius 3 is 2.71 bits per heavy atom. The molecule has 1 N–H and O–H groups in total. The monoisotopic (exact) mass is 284 g/mol. The quantitative estimate of drug-likeness (QED) is 0.850. The second kappa shape index (κ2) is 6.63. The van der Waals surface area contributed by atoms with Crippen molar-refractivity contribution in [2.24, 2.45) is 11.8 Å². The van der Waals surface area contributed by atoms with Crippen molar-refractivity contribution in [1.82, 2.24) is 20.3 Å². The first kappa shape index (κ1) is 13.9. The van der Waals surface area contributed by atoms with E-state index in [9.17, 15) is 4.79 Å². The van der Waals surface area contributed by atoms with E-state index in [1.54, 1.807) is 10.9 Å². The van der Waals surface area contributed by atoms with Crippen LogP contribution in [0.1, 0.15) is 23.2 Å². The Kier molecular flexibility index (Phi) is 4.40. The van der Waals surface area contributed by atoms with Gasteiger partial charge in [-0.15, -0.1) is 5.10 Å². The molecule has 1 aliphatic heterocycles. The Labute approximate surface area is 124 Å². The first-order chi connectivity index (χ1) is 10.3. The van der Waals surface area contributed by atoms with E-state index in [4.69, 9.17) is 0 Å². The normalized spacial score (nSPS) is 17.5. The largest absolute Gasteiger partial charge is 0.317 e. The van der Waals surface area contributed by atoms with Crippen molar-refractivity contribution in [2.75, 3.05) is 13.1 Å². The molecule has 1 aromatic carbocycles. The Morgan fingerprint density at radius 1 is 1.29 bits per heavy atom. The molecule has 0 aliphatic carbocycles. The smallest absolute Gasteiger partial charge is 0.168 e. The van der Waals surface area contributed by atoms with Crippen LogP contribution in [0.25, 0.3) is 0 Å². The summed E-state index contributed by atoms with van der Waals surface area (Å²) in [7, 11) is 0. The maximum Gasteiger partial charge on any atom is 0.168 e. The first-order valence-corrected chi connectivity index (χ1v) is 7.48. The van der Waals surface area contributed by atoms with E-state index in [1.165, 1.54) is 0 Å². The van der Waals surface area contributed by atoms with Crippen LogP contribution in [0.3, 0.4) is 0 Å². The summed E-state index contributed by atoms with van der Waals surface area (Å²) in [6.45, 7) is 2.58. The van der Waals surface area contributed by atoms with Crippen LogP contribution in [0.4, 0.5) is 0 Å². The van der Waals surface area contributed by atoms with E-state index in [1.807, 2.05) is 36.5 Å². The zero-order chi connectivity index (χ0) is 14.5. The molecule has 2 aromatic rings. The van der Waals surface area contributed by atoms with Gasteiger partial charge in [-0.2, -0.15) is 0 Å². The first-order valence-electron chi connectivity index (χ1n) is 7.48. The maximum atomic E-state index is 12.9. The van der Waals surface area contributed by atoms with Crippen LogP contribution < -0.4 is 5.32 Å². The molecule has 1 unspecified atom stereocenters. The average molecular weight is 284 g/mol. The molecule has 1 fully saturated rings. The van der Waals surface area contributed by atoms with Gasteiger partial charge in [0.25, 0.3) is 0 Å². The molecular weight excluding hydrogens is 264 g/mol. The summed E-state index contributed by atoms with van der Waals surface area (Å²) in [6.07, 6.45) is 5.56. The lowest BCUT2D eigenvalue weighted by atomic mass is 9.80. The molecule has 21 heavy (non-hydrogen) atoms. The lowest BCUT2D eigenvalue weighted by molar-refractivity contribution is 0.0822. The Bertz CT molecular complexity index is 561. The summed E-state index contributed by atoms with van der Waals surface area (Å²) in [5.41, 5.74) is 0.793. The van der Waals surface area contributed by atoms with Crippen LogP contribution in [0.2, 0.25) is 0 Å². The summed E-state index contributed by atoms with van der Waals surface area (Å²) in [5, 5.41) is 11.2. The van der Waals surface area contributed by atoms with E-state index >= 15 is 0 Å². The van der Waals surface area contributed by atoms with Crippen LogP contribution in [-0.2, 0) is 6.54 Å². The zero-order valence-electron chi connectivity index (χ0n) is 12.0. The second-order valence-electron chi connectivity index (χ2n) is 5.55. The third-order valence-corrected chi connectivity index (χ3v) is 4.20. The lowest BCUT2D eigenvalue weighted by Crippen LogP contribution is -2.36. The standard InChI is InChI=1S/C16H20N4O/c21-16(14-4-2-1-3-5-14)15(12-20-11-10-18-19-20)13-6-8-17-9-7-13/h1-5,10-11,13,15,17H,6-9,12H2. The zero-order valence-corrected chi connectivity index (χ0v) is 12.0. The summed E-state index contributed by atoms with van der Waals surface area (Å²) in [5.74, 6) is 0.595. The number of rotatable bonds is 5. The number of hydrogen-bond donors (Lipinski definition) is 1. The van der Waals surface area contributed by atoms with Crippen molar-refractivity contribution in [2.45, 2.75) is 19.4 Å². The van der Waals surface area contributed by atoms with E-state index < -0.39 is 0 Å². The van der Waals surface area contributed by atoms with Gasteiger partial charge in [0, 0.05) is 17.7 Å². The van der Waals surface area contributed by atoms with Gasteiger partial charge in [-0.1, -0.05) is 35.5 Å². The highest BCUT2D eigenvalue weighted by atomic mass is 16.1. The minimum Gasteiger partial charge on any atom is -0.317 e. The minimum atomic E-state index is -0.0313.